The average molecular weight is 294 g/mol. The van der Waals surface area contributed by atoms with Crippen molar-refractivity contribution in [2.24, 2.45) is 0 Å². The molecule has 1 heterocycles. The SMILES string of the molecule is C1=C[C@H]2O[C@H]2c2c1c1cc3ccccc3cc1c1ccccc21. The predicted octanol–water partition coefficient (Wildman–Crippen LogP) is 5.61. The van der Waals surface area contributed by atoms with Crippen molar-refractivity contribution in [1.82, 2.24) is 0 Å². The third-order valence-corrected chi connectivity index (χ3v) is 5.24. The summed E-state index contributed by atoms with van der Waals surface area (Å²) in [4.78, 5) is 0. The molecule has 0 spiro atoms. The van der Waals surface area contributed by atoms with Gasteiger partial charge in [-0.3, -0.25) is 0 Å². The van der Waals surface area contributed by atoms with Gasteiger partial charge in [-0.05, 0) is 55.6 Å². The molecular weight excluding hydrogens is 280 g/mol. The fourth-order valence-electron chi connectivity index (χ4n) is 4.11. The van der Waals surface area contributed by atoms with E-state index in [0.717, 1.165) is 0 Å². The highest BCUT2D eigenvalue weighted by Gasteiger charge is 2.43. The molecule has 1 fully saturated rings. The molecule has 0 bridgehead atoms. The first-order valence-corrected chi connectivity index (χ1v) is 8.11. The Hall–Kier alpha value is -2.64. The molecule has 4 aromatic rings. The fourth-order valence-corrected chi connectivity index (χ4v) is 4.11. The molecule has 1 heteroatoms. The summed E-state index contributed by atoms with van der Waals surface area (Å²) in [6.45, 7) is 0. The summed E-state index contributed by atoms with van der Waals surface area (Å²) in [5.41, 5.74) is 2.71. The monoisotopic (exact) mass is 294 g/mol. The first-order chi connectivity index (χ1) is 11.4. The highest BCUT2D eigenvalue weighted by Crippen LogP contribution is 2.50. The van der Waals surface area contributed by atoms with Crippen molar-refractivity contribution in [2.75, 3.05) is 0 Å². The van der Waals surface area contributed by atoms with E-state index < -0.39 is 0 Å². The summed E-state index contributed by atoms with van der Waals surface area (Å²) >= 11 is 0. The van der Waals surface area contributed by atoms with Crippen molar-refractivity contribution in [3.05, 3.63) is 77.9 Å². The van der Waals surface area contributed by atoms with Gasteiger partial charge in [0.15, 0.2) is 0 Å². The minimum atomic E-state index is 0.246. The van der Waals surface area contributed by atoms with Crippen LogP contribution in [0.2, 0.25) is 0 Å². The van der Waals surface area contributed by atoms with Crippen LogP contribution in [0.5, 0.6) is 0 Å². The molecule has 0 N–H and O–H groups in total. The Labute approximate surface area is 133 Å². The lowest BCUT2D eigenvalue weighted by atomic mass is 9.86. The second kappa shape index (κ2) is 4.01. The quantitative estimate of drug-likeness (QED) is 0.233. The third-order valence-electron chi connectivity index (χ3n) is 5.24. The van der Waals surface area contributed by atoms with Gasteiger partial charge in [0, 0.05) is 0 Å². The predicted molar refractivity (Wildman–Crippen MR) is 95.6 cm³/mol. The van der Waals surface area contributed by atoms with Crippen LogP contribution >= 0.6 is 0 Å². The number of ether oxygens (including phenoxy) is 1. The van der Waals surface area contributed by atoms with Crippen LogP contribution in [0.25, 0.3) is 38.4 Å². The van der Waals surface area contributed by atoms with Crippen molar-refractivity contribution >= 4 is 38.4 Å². The van der Waals surface area contributed by atoms with Crippen molar-refractivity contribution in [3.63, 3.8) is 0 Å². The van der Waals surface area contributed by atoms with Gasteiger partial charge in [-0.1, -0.05) is 60.7 Å². The Morgan fingerprint density at radius 2 is 1.39 bits per heavy atom. The highest BCUT2D eigenvalue weighted by molar-refractivity contribution is 6.16. The largest absolute Gasteiger partial charge is 0.360 e. The van der Waals surface area contributed by atoms with E-state index in [1.807, 2.05) is 0 Å². The van der Waals surface area contributed by atoms with Gasteiger partial charge < -0.3 is 4.74 Å². The molecule has 0 aromatic heterocycles. The zero-order valence-corrected chi connectivity index (χ0v) is 12.5. The van der Waals surface area contributed by atoms with Crippen molar-refractivity contribution in [2.45, 2.75) is 12.2 Å². The third kappa shape index (κ3) is 1.50. The van der Waals surface area contributed by atoms with Gasteiger partial charge in [0.1, 0.15) is 12.2 Å². The molecule has 0 saturated carbocycles. The highest BCUT2D eigenvalue weighted by atomic mass is 16.6. The summed E-state index contributed by atoms with van der Waals surface area (Å²) in [6.07, 6.45) is 4.99. The van der Waals surface area contributed by atoms with Gasteiger partial charge in [0.25, 0.3) is 0 Å². The van der Waals surface area contributed by atoms with Gasteiger partial charge in [0.05, 0.1) is 0 Å². The van der Waals surface area contributed by atoms with E-state index >= 15 is 0 Å². The molecule has 2 atom stereocenters. The number of rotatable bonds is 0. The van der Waals surface area contributed by atoms with E-state index in [1.54, 1.807) is 0 Å². The molecule has 2 aliphatic rings. The Balaban J connectivity index is 1.91. The normalized spacial score (nSPS) is 21.6. The van der Waals surface area contributed by atoms with Crippen LogP contribution in [-0.4, -0.2) is 6.10 Å². The van der Waals surface area contributed by atoms with Gasteiger partial charge >= 0.3 is 0 Å². The molecule has 1 saturated heterocycles. The van der Waals surface area contributed by atoms with Crippen LogP contribution in [0.15, 0.2) is 66.7 Å². The smallest absolute Gasteiger partial charge is 0.114 e. The summed E-state index contributed by atoms with van der Waals surface area (Å²) in [5, 5.41) is 7.93. The first kappa shape index (κ1) is 11.9. The van der Waals surface area contributed by atoms with Gasteiger partial charge in [-0.2, -0.15) is 0 Å². The van der Waals surface area contributed by atoms with E-state index in [1.165, 1.54) is 43.4 Å². The lowest BCUT2D eigenvalue weighted by Crippen LogP contribution is -1.98. The molecule has 1 aliphatic carbocycles. The summed E-state index contributed by atoms with van der Waals surface area (Å²) in [6, 6.07) is 22.0. The second-order valence-electron chi connectivity index (χ2n) is 6.50. The molecule has 6 rings (SSSR count). The molecular formula is C22H14O. The maximum absolute atomic E-state index is 5.86. The van der Waals surface area contributed by atoms with Crippen LogP contribution in [0, 0.1) is 0 Å². The van der Waals surface area contributed by atoms with E-state index in [-0.39, 0.29) is 12.2 Å². The Kier molecular flexibility index (Phi) is 2.07. The number of hydrogen-bond donors (Lipinski definition) is 0. The van der Waals surface area contributed by atoms with E-state index in [0.29, 0.717) is 0 Å². The molecule has 1 aliphatic heterocycles. The minimum absolute atomic E-state index is 0.246. The van der Waals surface area contributed by atoms with Crippen LogP contribution in [0.4, 0.5) is 0 Å². The van der Waals surface area contributed by atoms with Crippen molar-refractivity contribution in [3.8, 4) is 0 Å². The number of hydrogen-bond acceptors (Lipinski definition) is 1. The zero-order chi connectivity index (χ0) is 15.0. The molecule has 0 amide bonds. The number of benzene rings is 4. The fraction of sp³-hybridized carbons (Fsp3) is 0.0909. The molecule has 1 nitrogen and oxygen atoms in total. The molecule has 0 unspecified atom stereocenters. The van der Waals surface area contributed by atoms with Crippen LogP contribution in [-0.2, 0) is 4.74 Å². The second-order valence-corrected chi connectivity index (χ2v) is 6.50. The van der Waals surface area contributed by atoms with Crippen LogP contribution in [0.3, 0.4) is 0 Å². The average Bonchev–Trinajstić information content (AvgIpc) is 3.40. The van der Waals surface area contributed by atoms with Crippen LogP contribution < -0.4 is 0 Å². The standard InChI is InChI=1S/C22H14O/c1-2-6-14-12-19-17-9-10-20-22(23-20)21(17)16-8-4-3-7-15(16)18(19)11-13(14)5-1/h1-12,20,22H/t20-,22-/m1/s1. The van der Waals surface area contributed by atoms with E-state index in [4.69, 9.17) is 4.74 Å². The van der Waals surface area contributed by atoms with Crippen molar-refractivity contribution in [1.29, 1.82) is 0 Å². The first-order valence-electron chi connectivity index (χ1n) is 8.11. The van der Waals surface area contributed by atoms with Crippen LogP contribution in [0.1, 0.15) is 17.2 Å². The molecule has 108 valence electrons. The molecule has 4 aromatic carbocycles. The lowest BCUT2D eigenvalue weighted by molar-refractivity contribution is 0.396. The Bertz CT molecular complexity index is 1150. The topological polar surface area (TPSA) is 12.5 Å². The Morgan fingerprint density at radius 3 is 2.22 bits per heavy atom. The van der Waals surface area contributed by atoms with E-state index in [9.17, 15) is 0 Å². The summed E-state index contributed by atoms with van der Waals surface area (Å²) in [5.74, 6) is 0. The Morgan fingerprint density at radius 1 is 0.696 bits per heavy atom. The lowest BCUT2D eigenvalue weighted by Gasteiger charge is -2.16. The molecule has 23 heavy (non-hydrogen) atoms. The van der Waals surface area contributed by atoms with Gasteiger partial charge in [0.2, 0.25) is 0 Å². The summed E-state index contributed by atoms with van der Waals surface area (Å²) < 4.78 is 5.86. The van der Waals surface area contributed by atoms with Gasteiger partial charge in [-0.15, -0.1) is 0 Å². The maximum Gasteiger partial charge on any atom is 0.114 e. The minimum Gasteiger partial charge on any atom is -0.360 e. The van der Waals surface area contributed by atoms with Gasteiger partial charge in [-0.25, -0.2) is 0 Å². The zero-order valence-electron chi connectivity index (χ0n) is 12.5. The van der Waals surface area contributed by atoms with Crippen molar-refractivity contribution < 1.29 is 4.74 Å². The number of fused-ring (bicyclic) bond motifs is 9. The molecule has 0 radical (unpaired) electrons. The summed E-state index contributed by atoms with van der Waals surface area (Å²) in [7, 11) is 0. The van der Waals surface area contributed by atoms with E-state index in [2.05, 4.69) is 72.8 Å². The number of epoxide rings is 1. The maximum atomic E-state index is 5.86.